The molecule has 6 heteroatoms. The van der Waals surface area contributed by atoms with Gasteiger partial charge < -0.3 is 5.43 Å². The Morgan fingerprint density at radius 2 is 2.00 bits per heavy atom. The molecule has 0 atom stereocenters. The van der Waals surface area contributed by atoms with Crippen LogP contribution in [-0.4, -0.2) is 4.98 Å². The van der Waals surface area contributed by atoms with E-state index in [4.69, 9.17) is 11.1 Å². The Morgan fingerprint density at radius 3 is 2.67 bits per heavy atom. The van der Waals surface area contributed by atoms with Gasteiger partial charge in [-0.15, -0.1) is 0 Å². The van der Waals surface area contributed by atoms with Crippen molar-refractivity contribution in [3.63, 3.8) is 0 Å². The van der Waals surface area contributed by atoms with E-state index in [1.807, 2.05) is 6.07 Å². The largest absolute Gasteiger partial charge is 0.307 e. The fraction of sp³-hybridized carbons (Fsp3) is 0. The molecule has 0 aliphatic heterocycles. The minimum Gasteiger partial charge on any atom is -0.307 e. The van der Waals surface area contributed by atoms with Crippen molar-refractivity contribution in [3.8, 4) is 17.3 Å². The van der Waals surface area contributed by atoms with E-state index in [1.165, 1.54) is 12.1 Å². The quantitative estimate of drug-likeness (QED) is 0.629. The van der Waals surface area contributed by atoms with Crippen LogP contribution in [0.3, 0.4) is 0 Å². The maximum Gasteiger partial charge on any atom is 0.158 e. The summed E-state index contributed by atoms with van der Waals surface area (Å²) in [6.45, 7) is 0. The van der Waals surface area contributed by atoms with E-state index in [2.05, 4.69) is 10.4 Å². The van der Waals surface area contributed by atoms with Gasteiger partial charge >= 0.3 is 0 Å². The predicted molar refractivity (Wildman–Crippen MR) is 62.1 cm³/mol. The van der Waals surface area contributed by atoms with Gasteiger partial charge in [0.15, 0.2) is 5.82 Å². The predicted octanol–water partition coefficient (Wildman–Crippen LogP) is 2.18. The van der Waals surface area contributed by atoms with Crippen molar-refractivity contribution in [2.75, 3.05) is 5.43 Å². The van der Waals surface area contributed by atoms with E-state index in [9.17, 15) is 8.78 Å². The number of hydrogen-bond acceptors (Lipinski definition) is 4. The highest BCUT2D eigenvalue weighted by molar-refractivity contribution is 5.65. The molecule has 90 valence electrons. The number of pyridine rings is 1. The summed E-state index contributed by atoms with van der Waals surface area (Å²) in [5.74, 6) is 4.15. The Balaban J connectivity index is 2.58. The number of nitrogens with one attached hydrogen (secondary N) is 1. The second-order valence-electron chi connectivity index (χ2n) is 3.47. The topological polar surface area (TPSA) is 74.7 Å². The number of nitrogens with zero attached hydrogens (tertiary/aromatic N) is 2. The number of nitriles is 1. The minimum absolute atomic E-state index is 0.0102. The lowest BCUT2D eigenvalue weighted by Crippen LogP contribution is -2.10. The Labute approximate surface area is 102 Å². The van der Waals surface area contributed by atoms with E-state index in [0.29, 0.717) is 0 Å². The molecule has 0 bridgehead atoms. The van der Waals surface area contributed by atoms with Crippen LogP contribution in [0.2, 0.25) is 0 Å². The zero-order valence-electron chi connectivity index (χ0n) is 9.11. The van der Waals surface area contributed by atoms with Gasteiger partial charge in [0, 0.05) is 5.56 Å². The van der Waals surface area contributed by atoms with Gasteiger partial charge in [-0.2, -0.15) is 5.26 Å². The monoisotopic (exact) mass is 246 g/mol. The zero-order chi connectivity index (χ0) is 13.1. The van der Waals surface area contributed by atoms with E-state index >= 15 is 0 Å². The van der Waals surface area contributed by atoms with Crippen molar-refractivity contribution in [1.82, 2.24) is 4.98 Å². The summed E-state index contributed by atoms with van der Waals surface area (Å²) in [5.41, 5.74) is 2.66. The molecule has 4 nitrogen and oxygen atoms in total. The van der Waals surface area contributed by atoms with E-state index in [1.54, 1.807) is 0 Å². The number of benzene rings is 1. The van der Waals surface area contributed by atoms with E-state index in [-0.39, 0.29) is 22.6 Å². The number of halogens is 2. The molecule has 1 aromatic carbocycles. The van der Waals surface area contributed by atoms with Gasteiger partial charge in [-0.3, -0.25) is 0 Å². The standard InChI is InChI=1S/C12H8F2N4/c13-8-2-3-10(14)9(5-8)11-4-1-7(6-15)12(17-11)18-16/h1-5H,16H2,(H,17,18). The molecule has 3 N–H and O–H groups in total. The SMILES string of the molecule is N#Cc1ccc(-c2cc(F)ccc2F)nc1NN. The van der Waals surface area contributed by atoms with Crippen molar-refractivity contribution in [2.45, 2.75) is 0 Å². The van der Waals surface area contributed by atoms with Gasteiger partial charge in [0.25, 0.3) is 0 Å². The second-order valence-corrected chi connectivity index (χ2v) is 3.47. The molecule has 0 spiro atoms. The third kappa shape index (κ3) is 2.12. The van der Waals surface area contributed by atoms with Crippen LogP contribution in [0.1, 0.15) is 5.56 Å². The molecule has 0 amide bonds. The van der Waals surface area contributed by atoms with Gasteiger partial charge in [-0.1, -0.05) is 0 Å². The van der Waals surface area contributed by atoms with Gasteiger partial charge in [0.1, 0.15) is 17.7 Å². The highest BCUT2D eigenvalue weighted by Gasteiger charge is 2.10. The molecular formula is C12H8F2N4. The molecule has 2 aromatic rings. The van der Waals surface area contributed by atoms with Crippen LogP contribution in [0.5, 0.6) is 0 Å². The Bertz CT molecular complexity index is 634. The van der Waals surface area contributed by atoms with Crippen LogP contribution in [0, 0.1) is 23.0 Å². The third-order valence-corrected chi connectivity index (χ3v) is 2.36. The number of nitrogen functional groups attached to an aromatic ring is 1. The molecule has 1 heterocycles. The van der Waals surface area contributed by atoms with Crippen LogP contribution in [0.15, 0.2) is 30.3 Å². The zero-order valence-corrected chi connectivity index (χ0v) is 9.11. The van der Waals surface area contributed by atoms with E-state index < -0.39 is 11.6 Å². The number of rotatable bonds is 2. The fourth-order valence-electron chi connectivity index (χ4n) is 1.50. The molecule has 0 aliphatic rings. The second kappa shape index (κ2) is 4.77. The smallest absolute Gasteiger partial charge is 0.158 e. The summed E-state index contributed by atoms with van der Waals surface area (Å²) < 4.78 is 26.6. The Hall–Kier alpha value is -2.52. The first kappa shape index (κ1) is 12.0. The maximum absolute atomic E-state index is 13.6. The molecule has 2 rings (SSSR count). The summed E-state index contributed by atoms with van der Waals surface area (Å²) in [4.78, 5) is 3.97. The lowest BCUT2D eigenvalue weighted by atomic mass is 10.1. The number of nitrogens with two attached hydrogens (primary N) is 1. The summed E-state index contributed by atoms with van der Waals surface area (Å²) in [5, 5.41) is 8.79. The number of anilines is 1. The molecule has 18 heavy (non-hydrogen) atoms. The third-order valence-electron chi connectivity index (χ3n) is 2.36. The lowest BCUT2D eigenvalue weighted by Gasteiger charge is -2.06. The summed E-state index contributed by atoms with van der Waals surface area (Å²) in [7, 11) is 0. The number of hydrazine groups is 1. The Kier molecular flexibility index (Phi) is 3.17. The average molecular weight is 246 g/mol. The maximum atomic E-state index is 13.6. The first-order valence-corrected chi connectivity index (χ1v) is 4.99. The van der Waals surface area contributed by atoms with Crippen molar-refractivity contribution >= 4 is 5.82 Å². The van der Waals surface area contributed by atoms with Crippen LogP contribution < -0.4 is 11.3 Å². The van der Waals surface area contributed by atoms with Crippen molar-refractivity contribution in [1.29, 1.82) is 5.26 Å². The van der Waals surface area contributed by atoms with Gasteiger partial charge in [-0.05, 0) is 30.3 Å². The highest BCUT2D eigenvalue weighted by atomic mass is 19.1. The summed E-state index contributed by atoms with van der Waals surface area (Å²) in [6, 6.07) is 7.80. The molecule has 1 aromatic heterocycles. The normalized spacial score (nSPS) is 9.89. The van der Waals surface area contributed by atoms with Gasteiger partial charge in [0.05, 0.1) is 11.3 Å². The number of hydrogen-bond donors (Lipinski definition) is 2. The average Bonchev–Trinajstić information content (AvgIpc) is 2.40. The fourth-order valence-corrected chi connectivity index (χ4v) is 1.50. The first-order chi connectivity index (χ1) is 8.65. The van der Waals surface area contributed by atoms with Crippen molar-refractivity contribution in [2.24, 2.45) is 5.84 Å². The molecule has 0 aliphatic carbocycles. The highest BCUT2D eigenvalue weighted by Crippen LogP contribution is 2.24. The molecule has 0 fully saturated rings. The Morgan fingerprint density at radius 1 is 1.22 bits per heavy atom. The van der Waals surface area contributed by atoms with Crippen LogP contribution in [-0.2, 0) is 0 Å². The first-order valence-electron chi connectivity index (χ1n) is 4.99. The molecule has 0 radical (unpaired) electrons. The molecule has 0 saturated carbocycles. The van der Waals surface area contributed by atoms with Crippen molar-refractivity contribution < 1.29 is 8.78 Å². The lowest BCUT2D eigenvalue weighted by molar-refractivity contribution is 0.602. The number of aromatic nitrogens is 1. The van der Waals surface area contributed by atoms with Crippen LogP contribution >= 0.6 is 0 Å². The van der Waals surface area contributed by atoms with Crippen LogP contribution in [0.25, 0.3) is 11.3 Å². The van der Waals surface area contributed by atoms with Gasteiger partial charge in [-0.25, -0.2) is 19.6 Å². The van der Waals surface area contributed by atoms with E-state index in [0.717, 1.165) is 18.2 Å². The van der Waals surface area contributed by atoms with Crippen molar-refractivity contribution in [3.05, 3.63) is 47.5 Å². The molecule has 0 saturated heterocycles. The minimum atomic E-state index is -0.600. The summed E-state index contributed by atoms with van der Waals surface area (Å²) in [6.07, 6.45) is 0. The molecular weight excluding hydrogens is 238 g/mol. The van der Waals surface area contributed by atoms with Gasteiger partial charge in [0.2, 0.25) is 0 Å². The molecule has 0 unspecified atom stereocenters. The summed E-state index contributed by atoms with van der Waals surface area (Å²) >= 11 is 0. The van der Waals surface area contributed by atoms with Crippen LogP contribution in [0.4, 0.5) is 14.6 Å².